The van der Waals surface area contributed by atoms with E-state index in [0.29, 0.717) is 37.3 Å². The van der Waals surface area contributed by atoms with E-state index in [-0.39, 0.29) is 5.91 Å². The third-order valence-corrected chi connectivity index (χ3v) is 3.04. The Balaban J connectivity index is 2.21. The van der Waals surface area contributed by atoms with Crippen LogP contribution in [-0.4, -0.2) is 58.8 Å². The van der Waals surface area contributed by atoms with Gasteiger partial charge in [0, 0.05) is 32.6 Å². The fourth-order valence-corrected chi connectivity index (χ4v) is 1.97. The molecule has 0 radical (unpaired) electrons. The number of nitrogens with two attached hydrogens (primary N) is 1. The van der Waals surface area contributed by atoms with E-state index in [2.05, 4.69) is 10.1 Å². The normalized spacial score (nSPS) is 10.9. The maximum atomic E-state index is 12.6. The number of amides is 1. The lowest BCUT2D eigenvalue weighted by Crippen LogP contribution is -2.35. The largest absolute Gasteiger partial charge is 0.383 e. The molecule has 0 aliphatic heterocycles. The Morgan fingerprint density at radius 2 is 2.30 bits per heavy atom. The molecule has 2 heterocycles. The summed E-state index contributed by atoms with van der Waals surface area (Å²) in [5.74, 6) is -0.0708. The van der Waals surface area contributed by atoms with Crippen molar-refractivity contribution in [2.75, 3.05) is 33.4 Å². The van der Waals surface area contributed by atoms with Crippen LogP contribution in [0.25, 0.3) is 5.52 Å². The van der Waals surface area contributed by atoms with Crippen LogP contribution < -0.4 is 5.73 Å². The monoisotopic (exact) mass is 277 g/mol. The van der Waals surface area contributed by atoms with Gasteiger partial charge in [0.25, 0.3) is 5.91 Å². The van der Waals surface area contributed by atoms with Crippen molar-refractivity contribution >= 4 is 11.4 Å². The van der Waals surface area contributed by atoms with E-state index >= 15 is 0 Å². The van der Waals surface area contributed by atoms with E-state index < -0.39 is 0 Å². The van der Waals surface area contributed by atoms with Crippen LogP contribution in [0.3, 0.4) is 0 Å². The Hall–Kier alpha value is -1.99. The van der Waals surface area contributed by atoms with Crippen molar-refractivity contribution in [1.29, 1.82) is 0 Å². The highest BCUT2D eigenvalue weighted by Crippen LogP contribution is 2.12. The van der Waals surface area contributed by atoms with Crippen molar-refractivity contribution < 1.29 is 9.53 Å². The number of hydrogen-bond acceptors (Lipinski definition) is 5. The summed E-state index contributed by atoms with van der Waals surface area (Å²) in [5.41, 5.74) is 6.77. The molecule has 0 spiro atoms. The second-order valence-corrected chi connectivity index (χ2v) is 4.39. The fourth-order valence-electron chi connectivity index (χ4n) is 1.97. The molecule has 0 aliphatic carbocycles. The van der Waals surface area contributed by atoms with Crippen LogP contribution in [0.1, 0.15) is 16.8 Å². The first-order chi connectivity index (χ1) is 9.77. The summed E-state index contributed by atoms with van der Waals surface area (Å²) in [4.78, 5) is 18.4. The van der Waals surface area contributed by atoms with Crippen molar-refractivity contribution in [2.45, 2.75) is 6.42 Å². The number of hydrogen-bond donors (Lipinski definition) is 1. The van der Waals surface area contributed by atoms with E-state index in [1.165, 1.54) is 0 Å². The van der Waals surface area contributed by atoms with Crippen LogP contribution in [0.5, 0.6) is 0 Å². The maximum absolute atomic E-state index is 12.6. The van der Waals surface area contributed by atoms with Gasteiger partial charge in [-0.25, -0.2) is 4.52 Å². The van der Waals surface area contributed by atoms with Gasteiger partial charge in [0.15, 0.2) is 0 Å². The lowest BCUT2D eigenvalue weighted by atomic mass is 10.2. The molecule has 0 fully saturated rings. The van der Waals surface area contributed by atoms with Gasteiger partial charge >= 0.3 is 0 Å². The lowest BCUT2D eigenvalue weighted by molar-refractivity contribution is 0.0696. The summed E-state index contributed by atoms with van der Waals surface area (Å²) in [6, 6.07) is 0. The minimum absolute atomic E-state index is 0.0708. The van der Waals surface area contributed by atoms with Crippen molar-refractivity contribution in [3.05, 3.63) is 30.4 Å². The second kappa shape index (κ2) is 6.97. The first kappa shape index (κ1) is 14.4. The summed E-state index contributed by atoms with van der Waals surface area (Å²) in [5, 5.41) is 4.16. The minimum atomic E-state index is -0.0708. The van der Waals surface area contributed by atoms with Crippen molar-refractivity contribution in [3.8, 4) is 0 Å². The van der Waals surface area contributed by atoms with Gasteiger partial charge in [0.05, 0.1) is 30.1 Å². The molecule has 0 saturated heterocycles. The fraction of sp³-hybridized carbons (Fsp3) is 0.462. The average Bonchev–Trinajstić information content (AvgIpc) is 2.91. The Morgan fingerprint density at radius 1 is 1.45 bits per heavy atom. The maximum Gasteiger partial charge on any atom is 0.257 e. The van der Waals surface area contributed by atoms with Gasteiger partial charge in [0.1, 0.15) is 0 Å². The first-order valence-corrected chi connectivity index (χ1v) is 6.53. The van der Waals surface area contributed by atoms with Gasteiger partial charge in [0.2, 0.25) is 0 Å². The zero-order chi connectivity index (χ0) is 14.4. The number of rotatable bonds is 7. The molecule has 1 amide bonds. The number of aromatic nitrogens is 3. The molecule has 2 rings (SSSR count). The number of fused-ring (bicyclic) bond motifs is 1. The third-order valence-electron chi connectivity index (χ3n) is 3.04. The van der Waals surface area contributed by atoms with Crippen LogP contribution >= 0.6 is 0 Å². The molecule has 2 N–H and O–H groups in total. The zero-order valence-electron chi connectivity index (χ0n) is 11.5. The summed E-state index contributed by atoms with van der Waals surface area (Å²) in [6.07, 6.45) is 7.31. The SMILES string of the molecule is COCCN(CCCN)C(=O)c1cnn2ccncc12. The summed E-state index contributed by atoms with van der Waals surface area (Å²) >= 11 is 0. The molecular weight excluding hydrogens is 258 g/mol. The van der Waals surface area contributed by atoms with Crippen LogP contribution in [0.2, 0.25) is 0 Å². The molecule has 0 bridgehead atoms. The highest BCUT2D eigenvalue weighted by molar-refractivity contribution is 6.00. The number of carbonyl (C=O) groups is 1. The zero-order valence-corrected chi connectivity index (χ0v) is 11.5. The molecule has 108 valence electrons. The minimum Gasteiger partial charge on any atom is -0.383 e. The molecule has 2 aromatic rings. The van der Waals surface area contributed by atoms with Crippen LogP contribution in [0.15, 0.2) is 24.8 Å². The molecule has 0 aromatic carbocycles. The molecule has 0 unspecified atom stereocenters. The smallest absolute Gasteiger partial charge is 0.257 e. The van der Waals surface area contributed by atoms with Gasteiger partial charge in [-0.05, 0) is 13.0 Å². The average molecular weight is 277 g/mol. The Kier molecular flexibility index (Phi) is 5.03. The Morgan fingerprint density at radius 3 is 3.05 bits per heavy atom. The summed E-state index contributed by atoms with van der Waals surface area (Å²) < 4.78 is 6.69. The van der Waals surface area contributed by atoms with Crippen molar-refractivity contribution in [2.24, 2.45) is 5.73 Å². The molecule has 0 saturated carbocycles. The topological polar surface area (TPSA) is 85.8 Å². The number of methoxy groups -OCH3 is 1. The van der Waals surface area contributed by atoms with Crippen LogP contribution in [0, 0.1) is 0 Å². The van der Waals surface area contributed by atoms with Crippen LogP contribution in [0.4, 0.5) is 0 Å². The highest BCUT2D eigenvalue weighted by Gasteiger charge is 2.19. The predicted molar refractivity (Wildman–Crippen MR) is 74.4 cm³/mol. The lowest BCUT2D eigenvalue weighted by Gasteiger charge is -2.21. The first-order valence-electron chi connectivity index (χ1n) is 6.53. The molecule has 0 atom stereocenters. The quantitative estimate of drug-likeness (QED) is 0.779. The Labute approximate surface area is 117 Å². The molecule has 7 nitrogen and oxygen atoms in total. The van der Waals surface area contributed by atoms with E-state index in [4.69, 9.17) is 10.5 Å². The van der Waals surface area contributed by atoms with Gasteiger partial charge in [-0.15, -0.1) is 0 Å². The standard InChI is InChI=1S/C13H19N5O2/c1-20-8-7-17(5-2-3-14)13(19)11-9-16-18-6-4-15-10-12(11)18/h4,6,9-10H,2-3,5,7-8,14H2,1H3. The Bertz CT molecular complexity index is 561. The highest BCUT2D eigenvalue weighted by atomic mass is 16.5. The molecule has 2 aromatic heterocycles. The molecule has 20 heavy (non-hydrogen) atoms. The molecular formula is C13H19N5O2. The summed E-state index contributed by atoms with van der Waals surface area (Å²) in [7, 11) is 1.62. The van der Waals surface area contributed by atoms with Gasteiger partial charge in [-0.2, -0.15) is 5.10 Å². The van der Waals surface area contributed by atoms with E-state index in [1.807, 2.05) is 0 Å². The van der Waals surface area contributed by atoms with E-state index in [0.717, 1.165) is 6.42 Å². The molecule has 0 aliphatic rings. The van der Waals surface area contributed by atoms with Crippen molar-refractivity contribution in [3.63, 3.8) is 0 Å². The van der Waals surface area contributed by atoms with E-state index in [1.54, 1.807) is 41.3 Å². The van der Waals surface area contributed by atoms with Crippen molar-refractivity contribution in [1.82, 2.24) is 19.5 Å². The van der Waals surface area contributed by atoms with E-state index in [9.17, 15) is 4.79 Å². The van der Waals surface area contributed by atoms with Gasteiger partial charge in [-0.1, -0.05) is 0 Å². The number of carbonyl (C=O) groups excluding carboxylic acids is 1. The van der Waals surface area contributed by atoms with Gasteiger partial charge < -0.3 is 15.4 Å². The number of ether oxygens (including phenoxy) is 1. The summed E-state index contributed by atoms with van der Waals surface area (Å²) in [6.45, 7) is 2.18. The number of nitrogens with zero attached hydrogens (tertiary/aromatic N) is 4. The second-order valence-electron chi connectivity index (χ2n) is 4.39. The predicted octanol–water partition coefficient (Wildman–Crippen LogP) is 0.167. The van der Waals surface area contributed by atoms with Gasteiger partial charge in [-0.3, -0.25) is 9.78 Å². The molecule has 7 heteroatoms. The van der Waals surface area contributed by atoms with Crippen LogP contribution in [-0.2, 0) is 4.74 Å². The third kappa shape index (κ3) is 3.12.